The monoisotopic (exact) mass is 447 g/mol. The minimum atomic E-state index is 0.00911. The van der Waals surface area contributed by atoms with Crippen molar-refractivity contribution in [3.05, 3.63) is 77.6 Å². The summed E-state index contributed by atoms with van der Waals surface area (Å²) in [4.78, 5) is 15.6. The standard InChI is InChI=1S/C27H33N3O3/c1-20(2)33-25-9-4-7-22(16-25)27(31)23-8-5-13-29(18-23)17-21-10-11-26(32-3)24(15-21)19-30-14-6-12-28-30/h4,6-7,9-12,14-16,20,23H,5,8,13,17-19H2,1-3H3/t23-/m0/s1. The number of methoxy groups -OCH3 is 1. The maximum atomic E-state index is 13.2. The normalized spacial score (nSPS) is 16.7. The number of hydrogen-bond donors (Lipinski definition) is 0. The molecule has 4 rings (SSSR count). The molecule has 1 aliphatic heterocycles. The third-order valence-corrected chi connectivity index (χ3v) is 6.01. The highest BCUT2D eigenvalue weighted by atomic mass is 16.5. The molecule has 6 heteroatoms. The number of ketones is 1. The van der Waals surface area contributed by atoms with Crippen LogP contribution in [0.15, 0.2) is 60.9 Å². The molecule has 0 spiro atoms. The number of hydrogen-bond acceptors (Lipinski definition) is 5. The van der Waals surface area contributed by atoms with Crippen molar-refractivity contribution in [2.24, 2.45) is 5.92 Å². The van der Waals surface area contributed by atoms with Crippen LogP contribution in [0.2, 0.25) is 0 Å². The van der Waals surface area contributed by atoms with E-state index in [-0.39, 0.29) is 17.8 Å². The van der Waals surface area contributed by atoms with Crippen LogP contribution in [0.25, 0.3) is 0 Å². The third-order valence-electron chi connectivity index (χ3n) is 6.01. The summed E-state index contributed by atoms with van der Waals surface area (Å²) in [6.45, 7) is 7.24. The van der Waals surface area contributed by atoms with Crippen molar-refractivity contribution in [2.45, 2.75) is 45.9 Å². The van der Waals surface area contributed by atoms with Crippen molar-refractivity contribution in [2.75, 3.05) is 20.2 Å². The molecular weight excluding hydrogens is 414 g/mol. The van der Waals surface area contributed by atoms with E-state index in [4.69, 9.17) is 9.47 Å². The molecule has 0 saturated carbocycles. The first kappa shape index (κ1) is 23.1. The topological polar surface area (TPSA) is 56.6 Å². The first-order valence-corrected chi connectivity index (χ1v) is 11.7. The number of aromatic nitrogens is 2. The van der Waals surface area contributed by atoms with Gasteiger partial charge >= 0.3 is 0 Å². The van der Waals surface area contributed by atoms with Crippen LogP contribution in [-0.2, 0) is 13.1 Å². The average Bonchev–Trinajstić information content (AvgIpc) is 3.32. The molecule has 1 aliphatic rings. The molecule has 0 aliphatic carbocycles. The van der Waals surface area contributed by atoms with Gasteiger partial charge in [0.2, 0.25) is 0 Å². The Morgan fingerprint density at radius 1 is 1.15 bits per heavy atom. The molecule has 0 N–H and O–H groups in total. The number of Topliss-reactive ketones (excluding diaryl/α,β-unsaturated/α-hetero) is 1. The van der Waals surface area contributed by atoms with Gasteiger partial charge in [0.05, 0.1) is 19.8 Å². The fourth-order valence-corrected chi connectivity index (χ4v) is 4.52. The minimum Gasteiger partial charge on any atom is -0.496 e. The van der Waals surface area contributed by atoms with Crippen molar-refractivity contribution in [1.82, 2.24) is 14.7 Å². The number of ether oxygens (including phenoxy) is 2. The van der Waals surface area contributed by atoms with E-state index in [0.29, 0.717) is 6.54 Å². The molecule has 1 aromatic heterocycles. The van der Waals surface area contributed by atoms with Crippen molar-refractivity contribution in [3.8, 4) is 11.5 Å². The van der Waals surface area contributed by atoms with Gasteiger partial charge in [0.15, 0.2) is 5.78 Å². The molecule has 174 valence electrons. The quantitative estimate of drug-likeness (QED) is 0.440. The second kappa shape index (κ2) is 10.7. The van der Waals surface area contributed by atoms with E-state index in [2.05, 4.69) is 22.1 Å². The fourth-order valence-electron chi connectivity index (χ4n) is 4.52. The number of carbonyl (C=O) groups is 1. The molecule has 1 fully saturated rings. The van der Waals surface area contributed by atoms with E-state index in [1.807, 2.05) is 61.1 Å². The SMILES string of the molecule is COc1ccc(CN2CCC[C@H](C(=O)c3cccc(OC(C)C)c3)C2)cc1Cn1cccn1. The van der Waals surface area contributed by atoms with Gasteiger partial charge in [-0.1, -0.05) is 18.2 Å². The molecule has 1 saturated heterocycles. The lowest BCUT2D eigenvalue weighted by molar-refractivity contribution is 0.0811. The van der Waals surface area contributed by atoms with Crippen LogP contribution in [-0.4, -0.2) is 46.8 Å². The molecular formula is C27H33N3O3. The Bertz CT molecular complexity index is 1060. The predicted molar refractivity (Wildman–Crippen MR) is 129 cm³/mol. The molecule has 1 atom stereocenters. The summed E-state index contributed by atoms with van der Waals surface area (Å²) >= 11 is 0. The Hall–Kier alpha value is -3.12. The largest absolute Gasteiger partial charge is 0.496 e. The lowest BCUT2D eigenvalue weighted by Gasteiger charge is -2.32. The van der Waals surface area contributed by atoms with Crippen LogP contribution >= 0.6 is 0 Å². The van der Waals surface area contributed by atoms with Gasteiger partial charge in [0.25, 0.3) is 0 Å². The maximum absolute atomic E-state index is 13.2. The summed E-state index contributed by atoms with van der Waals surface area (Å²) < 4.78 is 13.2. The second-order valence-electron chi connectivity index (χ2n) is 8.98. The molecule has 2 aromatic carbocycles. The van der Waals surface area contributed by atoms with Crippen LogP contribution in [0, 0.1) is 5.92 Å². The van der Waals surface area contributed by atoms with Crippen LogP contribution in [0.4, 0.5) is 0 Å². The van der Waals surface area contributed by atoms with E-state index in [0.717, 1.165) is 55.1 Å². The molecule has 0 amide bonds. The van der Waals surface area contributed by atoms with Gasteiger partial charge in [-0.3, -0.25) is 14.4 Å². The Labute approximate surface area is 196 Å². The Balaban J connectivity index is 1.43. The third kappa shape index (κ3) is 6.02. The van der Waals surface area contributed by atoms with Gasteiger partial charge < -0.3 is 9.47 Å². The highest BCUT2D eigenvalue weighted by Gasteiger charge is 2.27. The number of likely N-dealkylation sites (tertiary alicyclic amines) is 1. The van der Waals surface area contributed by atoms with E-state index in [1.165, 1.54) is 5.56 Å². The summed E-state index contributed by atoms with van der Waals surface area (Å²) in [6, 6.07) is 15.9. The highest BCUT2D eigenvalue weighted by molar-refractivity contribution is 5.98. The zero-order valence-electron chi connectivity index (χ0n) is 19.7. The van der Waals surface area contributed by atoms with E-state index >= 15 is 0 Å². The van der Waals surface area contributed by atoms with Gasteiger partial charge in [-0.15, -0.1) is 0 Å². The van der Waals surface area contributed by atoms with Crippen molar-refractivity contribution in [1.29, 1.82) is 0 Å². The van der Waals surface area contributed by atoms with Gasteiger partial charge in [0.1, 0.15) is 11.5 Å². The summed E-state index contributed by atoms with van der Waals surface area (Å²) in [5.41, 5.74) is 3.06. The number of nitrogens with zero attached hydrogens (tertiary/aromatic N) is 3. The first-order valence-electron chi connectivity index (χ1n) is 11.7. The van der Waals surface area contributed by atoms with E-state index < -0.39 is 0 Å². The summed E-state index contributed by atoms with van der Waals surface area (Å²) in [7, 11) is 1.70. The van der Waals surface area contributed by atoms with Gasteiger partial charge in [-0.05, 0) is 69.1 Å². The maximum Gasteiger partial charge on any atom is 0.167 e. The Morgan fingerprint density at radius 2 is 2.03 bits per heavy atom. The van der Waals surface area contributed by atoms with Gasteiger partial charge in [-0.25, -0.2) is 0 Å². The highest BCUT2D eigenvalue weighted by Crippen LogP contribution is 2.26. The summed E-state index contributed by atoms with van der Waals surface area (Å²) in [6.07, 6.45) is 5.77. The van der Waals surface area contributed by atoms with Gasteiger partial charge in [-0.2, -0.15) is 5.10 Å². The van der Waals surface area contributed by atoms with Gasteiger partial charge in [0, 0.05) is 42.5 Å². The fraction of sp³-hybridized carbons (Fsp3) is 0.407. The summed E-state index contributed by atoms with van der Waals surface area (Å²) in [5.74, 6) is 1.84. The summed E-state index contributed by atoms with van der Waals surface area (Å²) in [5, 5.41) is 4.32. The van der Waals surface area contributed by atoms with Crippen molar-refractivity contribution < 1.29 is 14.3 Å². The van der Waals surface area contributed by atoms with Crippen molar-refractivity contribution >= 4 is 5.78 Å². The zero-order valence-corrected chi connectivity index (χ0v) is 19.7. The van der Waals surface area contributed by atoms with Crippen LogP contribution in [0.1, 0.15) is 48.2 Å². The first-order chi connectivity index (χ1) is 16.0. The Kier molecular flexibility index (Phi) is 7.45. The molecule has 33 heavy (non-hydrogen) atoms. The molecule has 2 heterocycles. The van der Waals surface area contributed by atoms with Crippen molar-refractivity contribution in [3.63, 3.8) is 0 Å². The van der Waals surface area contributed by atoms with Crippen LogP contribution in [0.5, 0.6) is 11.5 Å². The van der Waals surface area contributed by atoms with E-state index in [9.17, 15) is 4.79 Å². The number of benzene rings is 2. The van der Waals surface area contributed by atoms with Crippen LogP contribution < -0.4 is 9.47 Å². The smallest absolute Gasteiger partial charge is 0.167 e. The number of rotatable bonds is 9. The van der Waals surface area contributed by atoms with Crippen LogP contribution in [0.3, 0.4) is 0 Å². The predicted octanol–water partition coefficient (Wildman–Crippen LogP) is 4.82. The molecule has 0 radical (unpaired) electrons. The molecule has 6 nitrogen and oxygen atoms in total. The lowest BCUT2D eigenvalue weighted by Crippen LogP contribution is -2.38. The lowest BCUT2D eigenvalue weighted by atomic mass is 9.89. The number of piperidine rings is 1. The zero-order chi connectivity index (χ0) is 23.2. The second-order valence-corrected chi connectivity index (χ2v) is 8.98. The number of carbonyl (C=O) groups excluding carboxylic acids is 1. The average molecular weight is 448 g/mol. The molecule has 3 aromatic rings. The molecule has 0 bridgehead atoms. The van der Waals surface area contributed by atoms with E-state index in [1.54, 1.807) is 13.3 Å². The Morgan fingerprint density at radius 3 is 2.79 bits per heavy atom. The minimum absolute atomic E-state index is 0.00911. The molecule has 0 unspecified atom stereocenters.